The fourth-order valence-electron chi connectivity index (χ4n) is 5.09. The maximum atomic E-state index is 11.8. The summed E-state index contributed by atoms with van der Waals surface area (Å²) in [5.74, 6) is 1.12. The third-order valence-electron chi connectivity index (χ3n) is 7.61. The summed E-state index contributed by atoms with van der Waals surface area (Å²) in [6.07, 6.45) is 4.54. The standard InChI is InChI=1S/C32H33ClN2O8S2.Na.H/c1-3-23(18-31-34(15-7-17-44(36,37)38)28-21-26(33)11-13-30(28)43-31)19-32-35(16-14-22(2)45(39,40)41)27-20-25(10-12-29(27)42-32)24-8-5-4-6-9-24;;/h4-6,8-13,18-22H,3,7,14-17H2,1-2H3,(H-,36,37,38,39,40,41);;/p+1. The van der Waals surface area contributed by atoms with Crippen LogP contribution in [0.3, 0.4) is 0 Å². The molecule has 1 atom stereocenters. The van der Waals surface area contributed by atoms with Crippen molar-refractivity contribution in [2.45, 2.75) is 44.9 Å². The Hall–Kier alpha value is -2.68. The Bertz CT molecular complexity index is 1990. The molecule has 1 aromatic heterocycles. The molecule has 14 heteroatoms. The number of aromatic nitrogens is 1. The molecule has 0 spiro atoms. The molecular formula is C32H35ClN2NaO8S2+. The van der Waals surface area contributed by atoms with Crippen LogP contribution in [-0.4, -0.2) is 73.0 Å². The zero-order valence-electron chi connectivity index (χ0n) is 24.8. The van der Waals surface area contributed by atoms with Crippen LogP contribution in [0, 0.1) is 0 Å². The van der Waals surface area contributed by atoms with E-state index in [-0.39, 0.29) is 55.5 Å². The predicted molar refractivity (Wildman–Crippen MR) is 181 cm³/mol. The van der Waals surface area contributed by atoms with Crippen LogP contribution in [0.15, 0.2) is 88.7 Å². The molecule has 2 N–H and O–H groups in total. The fraction of sp³-hybridized carbons (Fsp3) is 0.281. The van der Waals surface area contributed by atoms with E-state index in [0.29, 0.717) is 40.1 Å². The number of allylic oxidation sites excluding steroid dienone is 2. The van der Waals surface area contributed by atoms with Gasteiger partial charge < -0.3 is 14.1 Å². The number of anilines is 1. The van der Waals surface area contributed by atoms with Crippen molar-refractivity contribution in [3.05, 3.63) is 95.2 Å². The SMILES string of the molecule is CCC(/C=C1\Oc2ccc(-c3ccccc3)cc2N1CCC(C)S(=O)(=O)O)=C\c1oc2ccc(Cl)cc2[n+]1CCCS(=O)(=O)O.[NaH]. The first-order valence-corrected chi connectivity index (χ1v) is 17.9. The molecule has 0 saturated carbocycles. The summed E-state index contributed by atoms with van der Waals surface area (Å²) in [6.45, 7) is 3.93. The van der Waals surface area contributed by atoms with Crippen molar-refractivity contribution in [3.8, 4) is 16.9 Å². The first-order valence-electron chi connectivity index (χ1n) is 14.4. The summed E-state index contributed by atoms with van der Waals surface area (Å²) < 4.78 is 79.4. The minimum absolute atomic E-state index is 0. The molecule has 0 radical (unpaired) electrons. The number of rotatable bonds is 12. The van der Waals surface area contributed by atoms with Crippen LogP contribution in [0.1, 0.15) is 39.0 Å². The number of fused-ring (bicyclic) bond motifs is 2. The van der Waals surface area contributed by atoms with E-state index in [2.05, 4.69) is 0 Å². The summed E-state index contributed by atoms with van der Waals surface area (Å²) in [5, 5.41) is -0.493. The van der Waals surface area contributed by atoms with Gasteiger partial charge in [-0.2, -0.15) is 21.4 Å². The third kappa shape index (κ3) is 8.81. The van der Waals surface area contributed by atoms with Gasteiger partial charge >= 0.3 is 35.4 Å². The second kappa shape index (κ2) is 15.0. The zero-order chi connectivity index (χ0) is 32.4. The Balaban J connectivity index is 0.00000480. The van der Waals surface area contributed by atoms with Crippen molar-refractivity contribution in [2.24, 2.45) is 0 Å². The molecule has 4 aromatic rings. The van der Waals surface area contributed by atoms with Crippen molar-refractivity contribution in [1.29, 1.82) is 0 Å². The van der Waals surface area contributed by atoms with Crippen molar-refractivity contribution in [3.63, 3.8) is 0 Å². The van der Waals surface area contributed by atoms with Gasteiger partial charge in [0.15, 0.2) is 12.3 Å². The van der Waals surface area contributed by atoms with Gasteiger partial charge in [-0.1, -0.05) is 54.9 Å². The summed E-state index contributed by atoms with van der Waals surface area (Å²) in [5.41, 5.74) is 4.78. The molecule has 1 aliphatic rings. The van der Waals surface area contributed by atoms with E-state index in [1.165, 1.54) is 6.92 Å². The van der Waals surface area contributed by atoms with Crippen molar-refractivity contribution < 1.29 is 39.7 Å². The average Bonchev–Trinajstić information content (AvgIpc) is 3.50. The maximum absolute atomic E-state index is 11.8. The molecule has 3 aromatic carbocycles. The number of oxazole rings is 1. The Labute approximate surface area is 296 Å². The van der Waals surface area contributed by atoms with Gasteiger partial charge in [-0.25, -0.2) is 0 Å². The van der Waals surface area contributed by atoms with Gasteiger partial charge in [-0.05, 0) is 60.7 Å². The molecular weight excluding hydrogens is 663 g/mol. The van der Waals surface area contributed by atoms with Crippen LogP contribution < -0.4 is 14.2 Å². The quantitative estimate of drug-likeness (QED) is 0.106. The molecule has 0 fully saturated rings. The summed E-state index contributed by atoms with van der Waals surface area (Å²) >= 11 is 6.25. The number of hydrogen-bond donors (Lipinski definition) is 2. The second-order valence-corrected chi connectivity index (χ2v) is 14.7. The molecule has 46 heavy (non-hydrogen) atoms. The Morgan fingerprint density at radius 2 is 1.76 bits per heavy atom. The summed E-state index contributed by atoms with van der Waals surface area (Å²) in [7, 11) is -8.36. The molecule has 5 rings (SSSR count). The number of hydrogen-bond acceptors (Lipinski definition) is 7. The fourth-order valence-corrected chi connectivity index (χ4v) is 6.15. The first kappa shape index (κ1) is 36.2. The molecule has 1 unspecified atom stereocenters. The van der Waals surface area contributed by atoms with E-state index in [1.807, 2.05) is 77.1 Å². The third-order valence-corrected chi connectivity index (χ3v) is 9.90. The molecule has 1 aliphatic heterocycles. The predicted octanol–water partition coefficient (Wildman–Crippen LogP) is 5.87. The van der Waals surface area contributed by atoms with Crippen LogP contribution in [-0.2, 0) is 26.8 Å². The Morgan fingerprint density at radius 1 is 1.02 bits per heavy atom. The molecule has 10 nitrogen and oxygen atoms in total. The Morgan fingerprint density at radius 3 is 2.43 bits per heavy atom. The molecule has 2 heterocycles. The van der Waals surface area contributed by atoms with Gasteiger partial charge in [0.1, 0.15) is 0 Å². The van der Waals surface area contributed by atoms with Crippen molar-refractivity contribution >= 4 is 84.3 Å². The van der Waals surface area contributed by atoms with Crippen molar-refractivity contribution in [2.75, 3.05) is 17.2 Å². The van der Waals surface area contributed by atoms with Crippen LogP contribution in [0.4, 0.5) is 5.69 Å². The topological polar surface area (TPSA) is 138 Å². The number of aryl methyl sites for hydroxylation is 1. The molecule has 240 valence electrons. The molecule has 0 bridgehead atoms. The van der Waals surface area contributed by atoms with Crippen LogP contribution in [0.5, 0.6) is 5.75 Å². The summed E-state index contributed by atoms with van der Waals surface area (Å²) in [6, 6.07) is 20.8. The Kier molecular flexibility index (Phi) is 11.8. The van der Waals surface area contributed by atoms with E-state index >= 15 is 0 Å². The van der Waals surface area contributed by atoms with Crippen LogP contribution in [0.2, 0.25) is 5.02 Å². The van der Waals surface area contributed by atoms with E-state index in [9.17, 15) is 25.9 Å². The number of benzene rings is 3. The second-order valence-electron chi connectivity index (χ2n) is 10.8. The van der Waals surface area contributed by atoms with E-state index < -0.39 is 31.2 Å². The van der Waals surface area contributed by atoms with Gasteiger partial charge in [0.05, 0.1) is 22.8 Å². The summed E-state index contributed by atoms with van der Waals surface area (Å²) in [4.78, 5) is 1.89. The van der Waals surface area contributed by atoms with Gasteiger partial charge in [0, 0.05) is 30.1 Å². The van der Waals surface area contributed by atoms with Gasteiger partial charge in [-0.3, -0.25) is 9.11 Å². The van der Waals surface area contributed by atoms with Gasteiger partial charge in [0.2, 0.25) is 11.5 Å². The van der Waals surface area contributed by atoms with E-state index in [0.717, 1.165) is 22.4 Å². The monoisotopic (exact) mass is 697 g/mol. The first-order chi connectivity index (χ1) is 21.3. The average molecular weight is 698 g/mol. The van der Waals surface area contributed by atoms with E-state index in [4.69, 9.17) is 20.8 Å². The molecule has 0 saturated heterocycles. The number of ether oxygens (including phenoxy) is 1. The van der Waals surface area contributed by atoms with Crippen molar-refractivity contribution in [1.82, 2.24) is 0 Å². The minimum atomic E-state index is -4.22. The normalized spacial score (nSPS) is 15.1. The molecule has 0 amide bonds. The van der Waals surface area contributed by atoms with Gasteiger partial charge in [0.25, 0.3) is 25.8 Å². The number of halogens is 1. The zero-order valence-corrected chi connectivity index (χ0v) is 27.1. The van der Waals surface area contributed by atoms with E-state index in [1.54, 1.807) is 18.2 Å². The van der Waals surface area contributed by atoms with Crippen LogP contribution >= 0.6 is 11.6 Å². The van der Waals surface area contributed by atoms with Gasteiger partial charge in [-0.15, -0.1) is 0 Å². The van der Waals surface area contributed by atoms with Crippen LogP contribution in [0.25, 0.3) is 28.3 Å². The number of nitrogens with zero attached hydrogens (tertiary/aromatic N) is 2. The molecule has 0 aliphatic carbocycles.